The molecule has 0 bridgehead atoms. The highest BCUT2D eigenvalue weighted by Crippen LogP contribution is 2.29. The van der Waals surface area contributed by atoms with Crippen molar-refractivity contribution in [3.8, 4) is 11.5 Å². The molecule has 0 saturated heterocycles. The fourth-order valence-corrected chi connectivity index (χ4v) is 2.22. The van der Waals surface area contributed by atoms with Gasteiger partial charge in [0.25, 0.3) is 0 Å². The Kier molecular flexibility index (Phi) is 5.90. The molecule has 0 aliphatic heterocycles. The Morgan fingerprint density at radius 1 is 1.14 bits per heavy atom. The van der Waals surface area contributed by atoms with Crippen molar-refractivity contribution < 1.29 is 9.84 Å². The summed E-state index contributed by atoms with van der Waals surface area (Å²) in [5, 5.41) is 14.2. The zero-order chi connectivity index (χ0) is 15.1. The van der Waals surface area contributed by atoms with Gasteiger partial charge in [0.15, 0.2) is 11.5 Å². The average molecular weight is 306 g/mol. The van der Waals surface area contributed by atoms with Crippen LogP contribution in [0.1, 0.15) is 18.1 Å². The van der Waals surface area contributed by atoms with Crippen LogP contribution in [0, 0.1) is 0 Å². The van der Waals surface area contributed by atoms with Gasteiger partial charge in [0.2, 0.25) is 0 Å². The SMILES string of the molecule is CCOc1cccc(CNCCc2ccc(Cl)cc2)c1O. The lowest BCUT2D eigenvalue weighted by atomic mass is 10.1. The molecular formula is C17H20ClNO2. The topological polar surface area (TPSA) is 41.5 Å². The second-order valence-corrected chi connectivity index (χ2v) is 5.19. The summed E-state index contributed by atoms with van der Waals surface area (Å²) in [5.41, 5.74) is 2.08. The fraction of sp³-hybridized carbons (Fsp3) is 0.294. The van der Waals surface area contributed by atoms with E-state index in [2.05, 4.69) is 5.32 Å². The maximum Gasteiger partial charge on any atom is 0.162 e. The standard InChI is InChI=1S/C17H20ClNO2/c1-2-21-16-5-3-4-14(17(16)20)12-19-11-10-13-6-8-15(18)9-7-13/h3-9,19-20H,2,10-12H2,1H3. The summed E-state index contributed by atoms with van der Waals surface area (Å²) < 4.78 is 5.37. The number of halogens is 1. The summed E-state index contributed by atoms with van der Waals surface area (Å²) in [4.78, 5) is 0. The third kappa shape index (κ3) is 4.66. The zero-order valence-electron chi connectivity index (χ0n) is 12.1. The Bertz CT molecular complexity index is 570. The molecule has 0 atom stereocenters. The van der Waals surface area contributed by atoms with Crippen LogP contribution < -0.4 is 10.1 Å². The molecule has 0 aliphatic carbocycles. The number of benzene rings is 2. The number of aromatic hydroxyl groups is 1. The van der Waals surface area contributed by atoms with E-state index in [9.17, 15) is 5.11 Å². The highest BCUT2D eigenvalue weighted by molar-refractivity contribution is 6.30. The van der Waals surface area contributed by atoms with Crippen molar-refractivity contribution in [2.75, 3.05) is 13.2 Å². The maximum atomic E-state index is 10.1. The number of rotatable bonds is 7. The maximum absolute atomic E-state index is 10.1. The summed E-state index contributed by atoms with van der Waals surface area (Å²) in [6, 6.07) is 13.4. The van der Waals surface area contributed by atoms with Crippen LogP contribution >= 0.6 is 11.6 Å². The second kappa shape index (κ2) is 7.91. The molecule has 0 unspecified atom stereocenters. The van der Waals surface area contributed by atoms with E-state index < -0.39 is 0 Å². The van der Waals surface area contributed by atoms with Gasteiger partial charge in [0, 0.05) is 17.1 Å². The van der Waals surface area contributed by atoms with E-state index in [-0.39, 0.29) is 5.75 Å². The molecule has 2 aromatic carbocycles. The number of ether oxygens (including phenoxy) is 1. The molecule has 0 radical (unpaired) electrons. The van der Waals surface area contributed by atoms with Gasteiger partial charge in [-0.15, -0.1) is 0 Å². The van der Waals surface area contributed by atoms with Gasteiger partial charge in [-0.05, 0) is 43.7 Å². The molecule has 2 aromatic rings. The van der Waals surface area contributed by atoms with Crippen LogP contribution in [-0.4, -0.2) is 18.3 Å². The Morgan fingerprint density at radius 2 is 1.90 bits per heavy atom. The Hall–Kier alpha value is -1.71. The average Bonchev–Trinajstić information content (AvgIpc) is 2.49. The van der Waals surface area contributed by atoms with Gasteiger partial charge < -0.3 is 15.2 Å². The van der Waals surface area contributed by atoms with Crippen LogP contribution in [0.25, 0.3) is 0 Å². The van der Waals surface area contributed by atoms with Crippen molar-refractivity contribution in [1.82, 2.24) is 5.32 Å². The Labute approximate surface area is 130 Å². The van der Waals surface area contributed by atoms with Crippen molar-refractivity contribution in [3.63, 3.8) is 0 Å². The molecule has 0 heterocycles. The molecule has 0 aromatic heterocycles. The van der Waals surface area contributed by atoms with Crippen molar-refractivity contribution in [2.45, 2.75) is 19.9 Å². The van der Waals surface area contributed by atoms with Crippen molar-refractivity contribution in [3.05, 3.63) is 58.6 Å². The molecule has 0 fully saturated rings. The van der Waals surface area contributed by atoms with E-state index in [0.29, 0.717) is 18.9 Å². The number of hydrogen-bond acceptors (Lipinski definition) is 3. The summed E-state index contributed by atoms with van der Waals surface area (Å²) in [6.45, 7) is 3.89. The Balaban J connectivity index is 1.83. The van der Waals surface area contributed by atoms with E-state index in [1.807, 2.05) is 43.3 Å². The quantitative estimate of drug-likeness (QED) is 0.765. The van der Waals surface area contributed by atoms with E-state index in [1.165, 1.54) is 5.56 Å². The van der Waals surface area contributed by atoms with E-state index in [0.717, 1.165) is 23.6 Å². The molecule has 0 spiro atoms. The summed E-state index contributed by atoms with van der Waals surface area (Å²) in [7, 11) is 0. The summed E-state index contributed by atoms with van der Waals surface area (Å²) in [5.74, 6) is 0.757. The first-order valence-electron chi connectivity index (χ1n) is 7.09. The van der Waals surface area contributed by atoms with E-state index in [4.69, 9.17) is 16.3 Å². The first-order chi connectivity index (χ1) is 10.2. The first kappa shape index (κ1) is 15.7. The van der Waals surface area contributed by atoms with Gasteiger partial charge in [-0.25, -0.2) is 0 Å². The van der Waals surface area contributed by atoms with Crippen LogP contribution in [-0.2, 0) is 13.0 Å². The molecule has 112 valence electrons. The predicted octanol–water partition coefficient (Wildman–Crippen LogP) is 3.78. The normalized spacial score (nSPS) is 10.6. The van der Waals surface area contributed by atoms with Gasteiger partial charge in [-0.2, -0.15) is 0 Å². The number of phenols is 1. The van der Waals surface area contributed by atoms with E-state index >= 15 is 0 Å². The number of nitrogens with one attached hydrogen (secondary N) is 1. The molecule has 0 amide bonds. The largest absolute Gasteiger partial charge is 0.504 e. The van der Waals surface area contributed by atoms with Crippen LogP contribution in [0.5, 0.6) is 11.5 Å². The highest BCUT2D eigenvalue weighted by Gasteiger charge is 2.07. The number of para-hydroxylation sites is 1. The van der Waals surface area contributed by atoms with E-state index in [1.54, 1.807) is 6.07 Å². The molecule has 2 N–H and O–H groups in total. The molecule has 3 nitrogen and oxygen atoms in total. The predicted molar refractivity (Wildman–Crippen MR) is 86.1 cm³/mol. The van der Waals surface area contributed by atoms with Crippen molar-refractivity contribution in [1.29, 1.82) is 0 Å². The lowest BCUT2D eigenvalue weighted by Crippen LogP contribution is -2.16. The molecule has 0 saturated carbocycles. The lowest BCUT2D eigenvalue weighted by Gasteiger charge is -2.11. The van der Waals surface area contributed by atoms with Gasteiger partial charge in [0.1, 0.15) is 0 Å². The molecule has 2 rings (SSSR count). The van der Waals surface area contributed by atoms with Gasteiger partial charge >= 0.3 is 0 Å². The number of hydrogen-bond donors (Lipinski definition) is 2. The molecule has 0 aliphatic rings. The van der Waals surface area contributed by atoms with Crippen molar-refractivity contribution >= 4 is 11.6 Å². The number of phenolic OH excluding ortho intramolecular Hbond substituents is 1. The minimum atomic E-state index is 0.221. The van der Waals surface area contributed by atoms with Crippen LogP contribution in [0.3, 0.4) is 0 Å². The van der Waals surface area contributed by atoms with Gasteiger partial charge in [-0.3, -0.25) is 0 Å². The smallest absolute Gasteiger partial charge is 0.162 e. The third-order valence-electron chi connectivity index (χ3n) is 3.20. The second-order valence-electron chi connectivity index (χ2n) is 4.75. The minimum absolute atomic E-state index is 0.221. The van der Waals surface area contributed by atoms with Crippen LogP contribution in [0.2, 0.25) is 5.02 Å². The Morgan fingerprint density at radius 3 is 2.62 bits per heavy atom. The minimum Gasteiger partial charge on any atom is -0.504 e. The summed E-state index contributed by atoms with van der Waals surface area (Å²) >= 11 is 5.86. The molecule has 4 heteroatoms. The molecular weight excluding hydrogens is 286 g/mol. The third-order valence-corrected chi connectivity index (χ3v) is 3.45. The van der Waals surface area contributed by atoms with Crippen molar-refractivity contribution in [2.24, 2.45) is 0 Å². The fourth-order valence-electron chi connectivity index (χ4n) is 2.09. The van der Waals surface area contributed by atoms with Crippen LogP contribution in [0.15, 0.2) is 42.5 Å². The van der Waals surface area contributed by atoms with Crippen LogP contribution in [0.4, 0.5) is 0 Å². The first-order valence-corrected chi connectivity index (χ1v) is 7.47. The lowest BCUT2D eigenvalue weighted by molar-refractivity contribution is 0.316. The molecule has 21 heavy (non-hydrogen) atoms. The monoisotopic (exact) mass is 305 g/mol. The zero-order valence-corrected chi connectivity index (χ0v) is 12.9. The van der Waals surface area contributed by atoms with Gasteiger partial charge in [0.05, 0.1) is 6.61 Å². The summed E-state index contributed by atoms with van der Waals surface area (Å²) in [6.07, 6.45) is 0.920. The highest BCUT2D eigenvalue weighted by atomic mass is 35.5. The van der Waals surface area contributed by atoms with Gasteiger partial charge in [-0.1, -0.05) is 35.9 Å².